The van der Waals surface area contributed by atoms with Crippen LogP contribution in [0.5, 0.6) is 11.5 Å². The molecular weight excluding hydrogens is 873 g/mol. The zero-order valence-electron chi connectivity index (χ0n) is 37.6. The standard InChI is InChI=1S/C26H35NO6S.C23H29NO6S/c1-20(2)8-9-22-6-3-5-21(19-22)7-4-16-33-23-10-12-24(13-11-23)34(30,31)26(25(28)27-29)14-17-32-18-15-26;1-29-20-10-6-18(7-11-20)4-2-3-5-19-8-12-21(13-9-19)31(27,28)23(22(25)24-26)14-16-30-17-15-23/h3,5-6,10-13,19-20,29H,4,7-9,14-18H2,1-2H3,(H,27,28);6-13,26H,2-5,14-17H2,1H3,(H,24,25). The van der Waals surface area contributed by atoms with Crippen molar-refractivity contribution in [2.24, 2.45) is 5.92 Å². The van der Waals surface area contributed by atoms with Crippen LogP contribution in [0.15, 0.2) is 107 Å². The summed E-state index contributed by atoms with van der Waals surface area (Å²) in [7, 11) is -6.37. The predicted octanol–water partition coefficient (Wildman–Crippen LogP) is 7.20. The average Bonchev–Trinajstić information content (AvgIpc) is 3.34. The van der Waals surface area contributed by atoms with Crippen LogP contribution in [-0.2, 0) is 64.4 Å². The topological polar surface area (TPSA) is 204 Å². The molecule has 354 valence electrons. The van der Waals surface area contributed by atoms with Gasteiger partial charge in [-0.3, -0.25) is 20.0 Å². The molecule has 4 aromatic carbocycles. The second-order valence-electron chi connectivity index (χ2n) is 17.0. The van der Waals surface area contributed by atoms with Crippen molar-refractivity contribution in [2.45, 2.75) is 110 Å². The van der Waals surface area contributed by atoms with Gasteiger partial charge in [0.25, 0.3) is 11.8 Å². The van der Waals surface area contributed by atoms with Gasteiger partial charge < -0.3 is 18.9 Å². The lowest BCUT2D eigenvalue weighted by Crippen LogP contribution is -2.54. The minimum atomic E-state index is -4.03. The molecule has 0 unspecified atom stereocenters. The van der Waals surface area contributed by atoms with Crippen molar-refractivity contribution < 1.29 is 55.8 Å². The molecular formula is C49H64N2O12S2. The molecule has 4 aromatic rings. The summed E-state index contributed by atoms with van der Waals surface area (Å²) in [5.41, 5.74) is 8.01. The molecule has 0 atom stereocenters. The third kappa shape index (κ3) is 13.0. The van der Waals surface area contributed by atoms with Gasteiger partial charge >= 0.3 is 0 Å². The lowest BCUT2D eigenvalue weighted by atomic mass is 9.98. The van der Waals surface area contributed by atoms with Gasteiger partial charge in [0, 0.05) is 26.4 Å². The summed E-state index contributed by atoms with van der Waals surface area (Å²) in [4.78, 5) is 24.7. The van der Waals surface area contributed by atoms with Crippen LogP contribution in [0, 0.1) is 5.92 Å². The number of unbranched alkanes of at least 4 members (excludes halogenated alkanes) is 1. The number of ether oxygens (including phenoxy) is 4. The van der Waals surface area contributed by atoms with Crippen molar-refractivity contribution in [1.29, 1.82) is 0 Å². The molecule has 2 amide bonds. The van der Waals surface area contributed by atoms with E-state index in [4.69, 9.17) is 29.4 Å². The molecule has 6 rings (SSSR count). The Bertz CT molecular complexity index is 2340. The summed E-state index contributed by atoms with van der Waals surface area (Å²) in [6, 6.07) is 29.5. The number of hydrogen-bond acceptors (Lipinski definition) is 12. The molecule has 16 heteroatoms. The van der Waals surface area contributed by atoms with Crippen LogP contribution in [0.2, 0.25) is 0 Å². The highest BCUT2D eigenvalue weighted by molar-refractivity contribution is 7.94. The van der Waals surface area contributed by atoms with Crippen molar-refractivity contribution in [2.75, 3.05) is 40.1 Å². The molecule has 4 N–H and O–H groups in total. The number of aryl methyl sites for hydroxylation is 4. The average molecular weight is 937 g/mol. The van der Waals surface area contributed by atoms with Crippen LogP contribution in [0.1, 0.15) is 87.5 Å². The number of sulfone groups is 2. The van der Waals surface area contributed by atoms with Crippen molar-refractivity contribution >= 4 is 31.5 Å². The van der Waals surface area contributed by atoms with Gasteiger partial charge in [-0.05, 0) is 154 Å². The monoisotopic (exact) mass is 936 g/mol. The molecule has 0 radical (unpaired) electrons. The van der Waals surface area contributed by atoms with Crippen molar-refractivity contribution in [3.05, 3.63) is 119 Å². The van der Waals surface area contributed by atoms with Crippen LogP contribution in [0.3, 0.4) is 0 Å². The second kappa shape index (κ2) is 24.1. The minimum Gasteiger partial charge on any atom is -0.497 e. The van der Waals surface area contributed by atoms with Crippen LogP contribution in [0.25, 0.3) is 0 Å². The van der Waals surface area contributed by atoms with Gasteiger partial charge in [-0.25, -0.2) is 27.8 Å². The minimum absolute atomic E-state index is 0.00877. The molecule has 0 bridgehead atoms. The zero-order valence-corrected chi connectivity index (χ0v) is 39.3. The SMILES string of the molecule is CC(C)CCc1cccc(CCCOc2ccc(S(=O)(=O)C3(C(=O)NO)CCOCC3)cc2)c1.COc1ccc(CCCCc2ccc(S(=O)(=O)C3(C(=O)NO)CCOCC3)cc2)cc1. The lowest BCUT2D eigenvalue weighted by molar-refractivity contribution is -0.135. The smallest absolute Gasteiger partial charge is 0.265 e. The van der Waals surface area contributed by atoms with E-state index in [1.807, 2.05) is 12.1 Å². The van der Waals surface area contributed by atoms with Gasteiger partial charge in [0.15, 0.2) is 29.2 Å². The first-order valence-electron chi connectivity index (χ1n) is 22.3. The molecule has 14 nitrogen and oxygen atoms in total. The van der Waals surface area contributed by atoms with E-state index in [2.05, 4.69) is 50.2 Å². The lowest BCUT2D eigenvalue weighted by Gasteiger charge is -2.34. The summed E-state index contributed by atoms with van der Waals surface area (Å²) in [5, 5.41) is 18.3. The second-order valence-corrected chi connectivity index (χ2v) is 21.5. The largest absolute Gasteiger partial charge is 0.497 e. The predicted molar refractivity (Wildman–Crippen MR) is 246 cm³/mol. The molecule has 2 heterocycles. The van der Waals surface area contributed by atoms with E-state index < -0.39 is 41.0 Å². The fraction of sp³-hybridized carbons (Fsp3) is 0.469. The molecule has 65 heavy (non-hydrogen) atoms. The number of hydroxylamine groups is 2. The molecule has 2 saturated heterocycles. The fourth-order valence-corrected chi connectivity index (χ4v) is 12.0. The third-order valence-electron chi connectivity index (χ3n) is 12.2. The zero-order chi connectivity index (χ0) is 46.9. The first-order valence-corrected chi connectivity index (χ1v) is 25.2. The van der Waals surface area contributed by atoms with Gasteiger partial charge in [0.1, 0.15) is 11.5 Å². The summed E-state index contributed by atoms with van der Waals surface area (Å²) >= 11 is 0. The Labute approximate surface area is 383 Å². The normalized spacial score (nSPS) is 15.8. The van der Waals surface area contributed by atoms with Crippen molar-refractivity contribution in [3.8, 4) is 11.5 Å². The number of carbonyl (C=O) groups is 2. The number of hydrogen-bond donors (Lipinski definition) is 4. The number of carbonyl (C=O) groups excluding carboxylic acids is 2. The van der Waals surface area contributed by atoms with E-state index in [0.29, 0.717) is 18.3 Å². The number of rotatable bonds is 20. The number of methoxy groups -OCH3 is 1. The number of amides is 2. The molecule has 0 aromatic heterocycles. The van der Waals surface area contributed by atoms with E-state index in [0.717, 1.165) is 56.3 Å². The Morgan fingerprint density at radius 2 is 1.02 bits per heavy atom. The van der Waals surface area contributed by atoms with Gasteiger partial charge in [-0.2, -0.15) is 0 Å². The summed E-state index contributed by atoms with van der Waals surface area (Å²) in [6.07, 6.45) is 7.81. The highest BCUT2D eigenvalue weighted by atomic mass is 32.2. The Morgan fingerprint density at radius 3 is 1.46 bits per heavy atom. The quantitative estimate of drug-likeness (QED) is 0.0395. The Kier molecular flexibility index (Phi) is 18.9. The molecule has 2 aliphatic rings. The first-order chi connectivity index (χ1) is 31.2. The van der Waals surface area contributed by atoms with Crippen LogP contribution in [-0.4, -0.2) is 88.7 Å². The van der Waals surface area contributed by atoms with E-state index in [9.17, 15) is 26.4 Å². The van der Waals surface area contributed by atoms with Gasteiger partial charge in [-0.1, -0.05) is 62.4 Å². The van der Waals surface area contributed by atoms with Gasteiger partial charge in [-0.15, -0.1) is 0 Å². The van der Waals surface area contributed by atoms with E-state index in [-0.39, 0.29) is 61.9 Å². The van der Waals surface area contributed by atoms with Crippen molar-refractivity contribution in [3.63, 3.8) is 0 Å². The first kappa shape index (κ1) is 51.1. The maximum atomic E-state index is 13.3. The van der Waals surface area contributed by atoms with E-state index >= 15 is 0 Å². The van der Waals surface area contributed by atoms with Crippen LogP contribution >= 0.6 is 0 Å². The Balaban J connectivity index is 0.000000245. The van der Waals surface area contributed by atoms with Crippen molar-refractivity contribution in [1.82, 2.24) is 11.0 Å². The van der Waals surface area contributed by atoms with Gasteiger partial charge in [0.2, 0.25) is 0 Å². The summed E-state index contributed by atoms with van der Waals surface area (Å²) in [6.45, 7) is 5.55. The molecule has 0 aliphatic carbocycles. The number of benzene rings is 4. The van der Waals surface area contributed by atoms with E-state index in [1.54, 1.807) is 43.5 Å². The molecule has 0 saturated carbocycles. The highest BCUT2D eigenvalue weighted by Crippen LogP contribution is 2.37. The number of nitrogens with one attached hydrogen (secondary N) is 2. The maximum absolute atomic E-state index is 13.3. The molecule has 2 aliphatic heterocycles. The summed E-state index contributed by atoms with van der Waals surface area (Å²) in [5.74, 6) is 0.269. The highest BCUT2D eigenvalue weighted by Gasteiger charge is 2.53. The molecule has 0 spiro atoms. The summed E-state index contributed by atoms with van der Waals surface area (Å²) < 4.78 is 71.1. The Morgan fingerprint density at radius 1 is 0.600 bits per heavy atom. The fourth-order valence-electron chi connectivity index (χ4n) is 8.16. The van der Waals surface area contributed by atoms with Crippen LogP contribution in [0.4, 0.5) is 0 Å². The van der Waals surface area contributed by atoms with Crippen LogP contribution < -0.4 is 20.4 Å². The molecule has 2 fully saturated rings. The maximum Gasteiger partial charge on any atom is 0.265 e. The third-order valence-corrected chi connectivity index (χ3v) is 17.3. The Hall–Kier alpha value is -4.84. The van der Waals surface area contributed by atoms with Gasteiger partial charge in [0.05, 0.1) is 23.5 Å². The van der Waals surface area contributed by atoms with E-state index in [1.165, 1.54) is 46.2 Å².